The molecule has 0 fully saturated rings. The minimum absolute atomic E-state index is 0.0556. The Hall–Kier alpha value is 2.33. The summed E-state index contributed by atoms with van der Waals surface area (Å²) in [5.41, 5.74) is 0. The fourth-order valence-electron chi connectivity index (χ4n) is 0. The van der Waals surface area contributed by atoms with E-state index in [1.807, 2.05) is 0 Å². The molecule has 0 rings (SSSR count). The first kappa shape index (κ1) is 9.59. The molecule has 0 saturated heterocycles. The van der Waals surface area contributed by atoms with Gasteiger partial charge < -0.3 is 0 Å². The van der Waals surface area contributed by atoms with Crippen LogP contribution >= 0.6 is 0 Å². The summed E-state index contributed by atoms with van der Waals surface area (Å²) in [6, 6.07) is 0. The summed E-state index contributed by atoms with van der Waals surface area (Å²) in [5.74, 6) is 0. The number of hydrogen-bond acceptors (Lipinski definition) is 2. The first-order chi connectivity index (χ1) is 2.00. The molecule has 0 spiro atoms. The fraction of sp³-hybridized carbons (Fsp3) is 0. The van der Waals surface area contributed by atoms with E-state index in [0.29, 0.717) is 0 Å². The van der Waals surface area contributed by atoms with Gasteiger partial charge in [0, 0.05) is 0 Å². The third-order valence-electron chi connectivity index (χ3n) is 0. The van der Waals surface area contributed by atoms with E-state index in [0.717, 1.165) is 0 Å². The third kappa shape index (κ3) is 8.84. The van der Waals surface area contributed by atoms with Gasteiger partial charge in [-0.2, -0.15) is 0 Å². The van der Waals surface area contributed by atoms with Crippen LogP contribution in [0, 0.1) is 78.7 Å². The van der Waals surface area contributed by atoms with Crippen molar-refractivity contribution in [3.63, 3.8) is 0 Å². The number of rotatable bonds is 0. The van der Waals surface area contributed by atoms with Gasteiger partial charge in [-0.05, 0) is 0 Å². The van der Waals surface area contributed by atoms with Crippen LogP contribution in [0.2, 0.25) is 0 Å². The van der Waals surface area contributed by atoms with Crippen LogP contribution < -0.4 is 0 Å². The fourth-order valence-corrected chi connectivity index (χ4v) is 0. The predicted molar refractivity (Wildman–Crippen MR) is 1.37 cm³/mol. The molecule has 4 heavy (non-hydrogen) atoms. The Kier molecular flexibility index (Phi) is 44.2. The molecule has 0 heterocycles. The molecule has 0 radical (unpaired) electrons. The molecular formula is CeNdO2. The van der Waals surface area contributed by atoms with Crippen LogP contribution in [-0.2, 0) is 1.99 Å². The van der Waals surface area contributed by atoms with E-state index in [1.54, 1.807) is 0 Å². The van der Waals surface area contributed by atoms with Crippen molar-refractivity contribution in [2.75, 3.05) is 0 Å². The van der Waals surface area contributed by atoms with E-state index >= 15 is 0 Å². The van der Waals surface area contributed by atoms with Gasteiger partial charge in [-0.25, -0.2) is 0 Å². The second kappa shape index (κ2) is 18.4. The molecule has 20 valence electrons. The summed E-state index contributed by atoms with van der Waals surface area (Å²) in [4.78, 5) is 0. The molecule has 0 aliphatic heterocycles. The van der Waals surface area contributed by atoms with Crippen molar-refractivity contribution in [2.45, 2.75) is 0 Å². The first-order valence-corrected chi connectivity index (χ1v) is 3.00. The van der Waals surface area contributed by atoms with Crippen molar-refractivity contribution in [3.05, 3.63) is 0 Å². The molecule has 0 saturated carbocycles. The third-order valence-corrected chi connectivity index (χ3v) is 0. The molecule has 0 atom stereocenters. The SMILES string of the molecule is [O]=[Ce].[O]=[Nd]. The Morgan fingerprint density at radius 1 is 1.25 bits per heavy atom. The topological polar surface area (TPSA) is 34.1 Å². The maximum atomic E-state index is 8.39. The van der Waals surface area contributed by atoms with Gasteiger partial charge in [-0.15, -0.1) is 0 Å². The quantitative estimate of drug-likeness (QED) is 0.618. The van der Waals surface area contributed by atoms with Gasteiger partial charge in [-0.1, -0.05) is 0 Å². The monoisotopic (exact) mass is 314 g/mol. The maximum absolute atomic E-state index is 8.39. The minimum atomic E-state index is 0.0556. The van der Waals surface area contributed by atoms with Crippen molar-refractivity contribution in [2.24, 2.45) is 0 Å². The summed E-state index contributed by atoms with van der Waals surface area (Å²) in [6.45, 7) is 0. The normalized spacial score (nSPS) is 1.50. The number of hydrogen-bond donors (Lipinski definition) is 0. The average Bonchev–Trinajstić information content (AvgIpc) is 1.50. The molecule has 0 bridgehead atoms. The van der Waals surface area contributed by atoms with Gasteiger partial charge in [0.05, 0.1) is 0 Å². The summed E-state index contributed by atoms with van der Waals surface area (Å²) in [7, 11) is 0. The predicted octanol–water partition coefficient (Wildman–Crippen LogP) is -0.238. The van der Waals surface area contributed by atoms with Crippen LogP contribution in [0.15, 0.2) is 0 Å². The second-order valence-corrected chi connectivity index (χ2v) is 0. The molecule has 4 heteroatoms. The van der Waals surface area contributed by atoms with E-state index in [1.165, 1.54) is 0 Å². The van der Waals surface area contributed by atoms with Crippen LogP contribution in [0.25, 0.3) is 0 Å². The molecule has 0 N–H and O–H groups in total. The Morgan fingerprint density at radius 2 is 1.25 bits per heavy atom. The molecule has 0 aromatic rings. The van der Waals surface area contributed by atoms with Gasteiger partial charge in [0.25, 0.3) is 0 Å². The average molecular weight is 316 g/mol. The van der Waals surface area contributed by atoms with Crippen molar-refractivity contribution in [1.82, 2.24) is 0 Å². The van der Waals surface area contributed by atoms with E-state index in [-0.39, 0.29) is 78.7 Å². The zero-order chi connectivity index (χ0) is 4.00. The Balaban J connectivity index is 0. The molecule has 0 aromatic heterocycles. The van der Waals surface area contributed by atoms with Crippen molar-refractivity contribution in [1.29, 1.82) is 0 Å². The second-order valence-electron chi connectivity index (χ2n) is 0. The standard InChI is InChI=1S/Ce.Nd.2O. The van der Waals surface area contributed by atoms with Crippen LogP contribution in [0.4, 0.5) is 0 Å². The zero-order valence-electron chi connectivity index (χ0n) is 1.82. The molecule has 0 amide bonds. The molecule has 2 nitrogen and oxygen atoms in total. The Labute approximate surface area is 78.4 Å². The Bertz CT molecular complexity index is 8.00. The van der Waals surface area contributed by atoms with Gasteiger partial charge in [-0.3, -0.25) is 0 Å². The molecule has 0 aliphatic rings. The summed E-state index contributed by atoms with van der Waals surface area (Å²) < 4.78 is 16.8. The zero-order valence-corrected chi connectivity index (χ0v) is 8.16. The van der Waals surface area contributed by atoms with Crippen molar-refractivity contribution < 1.29 is 80.7 Å². The van der Waals surface area contributed by atoms with Crippen LogP contribution in [0.1, 0.15) is 0 Å². The van der Waals surface area contributed by atoms with Gasteiger partial charge in [0.2, 0.25) is 0 Å². The van der Waals surface area contributed by atoms with E-state index < -0.39 is 0 Å². The molecule has 0 aliphatic carbocycles. The Morgan fingerprint density at radius 3 is 1.25 bits per heavy atom. The van der Waals surface area contributed by atoms with Crippen molar-refractivity contribution in [3.8, 4) is 0 Å². The van der Waals surface area contributed by atoms with Crippen LogP contribution in [0.5, 0.6) is 0 Å². The van der Waals surface area contributed by atoms with Gasteiger partial charge >= 0.3 is 80.7 Å². The molecule has 0 unspecified atom stereocenters. The van der Waals surface area contributed by atoms with Crippen LogP contribution in [0.3, 0.4) is 0 Å². The van der Waals surface area contributed by atoms with E-state index in [2.05, 4.69) is 0 Å². The van der Waals surface area contributed by atoms with E-state index in [9.17, 15) is 0 Å². The van der Waals surface area contributed by atoms with Crippen molar-refractivity contribution >= 4 is 0 Å². The summed E-state index contributed by atoms with van der Waals surface area (Å²) in [6.07, 6.45) is 0. The van der Waals surface area contributed by atoms with Gasteiger partial charge in [0.1, 0.15) is 0 Å². The summed E-state index contributed by atoms with van der Waals surface area (Å²) >= 11 is 0.111. The first-order valence-electron chi connectivity index (χ1n) is 0.408. The summed E-state index contributed by atoms with van der Waals surface area (Å²) in [5, 5.41) is 0. The van der Waals surface area contributed by atoms with E-state index in [4.69, 9.17) is 1.99 Å². The van der Waals surface area contributed by atoms with Gasteiger partial charge in [0.15, 0.2) is 0 Å². The molecule has 0 aromatic carbocycles. The molecular weight excluding hydrogens is 316 g/mol. The van der Waals surface area contributed by atoms with Crippen LogP contribution in [-0.4, -0.2) is 0 Å².